The molecule has 0 bridgehead atoms. The van der Waals surface area contributed by atoms with Gasteiger partial charge in [-0.2, -0.15) is 0 Å². The van der Waals surface area contributed by atoms with Crippen LogP contribution in [0.2, 0.25) is 0 Å². The number of hydrogen-bond acceptors (Lipinski definition) is 4. The van der Waals surface area contributed by atoms with Crippen LogP contribution in [0.15, 0.2) is 15.9 Å². The van der Waals surface area contributed by atoms with Gasteiger partial charge in [-0.1, -0.05) is 6.92 Å². The first-order chi connectivity index (χ1) is 9.02. The molecule has 0 aliphatic carbocycles. The summed E-state index contributed by atoms with van der Waals surface area (Å²) in [6, 6.07) is 2.72. The summed E-state index contributed by atoms with van der Waals surface area (Å²) in [5, 5.41) is 6.93. The van der Waals surface area contributed by atoms with Crippen molar-refractivity contribution in [2.45, 2.75) is 46.2 Å². The zero-order valence-electron chi connectivity index (χ0n) is 11.7. The number of hydrogen-bond donors (Lipinski definition) is 1. The van der Waals surface area contributed by atoms with E-state index < -0.39 is 0 Å². The average Bonchev–Trinajstić information content (AvgIpc) is 2.92. The van der Waals surface area contributed by atoms with Crippen LogP contribution in [0.4, 0.5) is 0 Å². The van der Waals surface area contributed by atoms with Crippen LogP contribution in [-0.2, 0) is 6.42 Å². The van der Waals surface area contributed by atoms with E-state index in [1.54, 1.807) is 11.3 Å². The van der Waals surface area contributed by atoms with Crippen LogP contribution in [-0.4, -0.2) is 11.0 Å². The van der Waals surface area contributed by atoms with Gasteiger partial charge in [-0.3, -0.25) is 0 Å². The van der Waals surface area contributed by atoms with Crippen molar-refractivity contribution in [3.63, 3.8) is 0 Å². The highest BCUT2D eigenvalue weighted by Crippen LogP contribution is 2.36. The van der Waals surface area contributed by atoms with Gasteiger partial charge in [0, 0.05) is 20.3 Å². The molecule has 0 spiro atoms. The number of thiophene rings is 1. The van der Waals surface area contributed by atoms with Crippen molar-refractivity contribution >= 4 is 38.6 Å². The molecule has 1 unspecified atom stereocenters. The van der Waals surface area contributed by atoms with Crippen LogP contribution in [0.1, 0.15) is 47.3 Å². The van der Waals surface area contributed by atoms with E-state index in [2.05, 4.69) is 60.4 Å². The Kier molecular flexibility index (Phi) is 5.17. The molecule has 0 saturated carbocycles. The van der Waals surface area contributed by atoms with Gasteiger partial charge in [0.15, 0.2) is 0 Å². The molecule has 2 heterocycles. The Morgan fingerprint density at radius 1 is 1.42 bits per heavy atom. The first-order valence-corrected chi connectivity index (χ1v) is 8.97. The number of rotatable bonds is 5. The van der Waals surface area contributed by atoms with Crippen molar-refractivity contribution in [1.29, 1.82) is 0 Å². The molecule has 0 aliphatic heterocycles. The highest BCUT2D eigenvalue weighted by molar-refractivity contribution is 9.10. The molecule has 2 aromatic rings. The summed E-state index contributed by atoms with van der Waals surface area (Å²) in [5.74, 6) is 0. The minimum atomic E-state index is 0.193. The van der Waals surface area contributed by atoms with Crippen molar-refractivity contribution in [1.82, 2.24) is 10.3 Å². The minimum Gasteiger partial charge on any atom is -0.301 e. The average molecular weight is 359 g/mol. The van der Waals surface area contributed by atoms with Crippen molar-refractivity contribution in [3.05, 3.63) is 36.4 Å². The maximum Gasteiger partial charge on any atom is 0.116 e. The van der Waals surface area contributed by atoms with Crippen LogP contribution < -0.4 is 5.32 Å². The molecule has 2 nitrogen and oxygen atoms in total. The fraction of sp³-hybridized carbons (Fsp3) is 0.500. The number of aryl methyl sites for hydroxylation is 2. The second-order valence-corrected chi connectivity index (χ2v) is 7.83. The van der Waals surface area contributed by atoms with E-state index in [4.69, 9.17) is 4.98 Å². The topological polar surface area (TPSA) is 24.9 Å². The lowest BCUT2D eigenvalue weighted by atomic mass is 10.2. The van der Waals surface area contributed by atoms with Gasteiger partial charge in [-0.25, -0.2) is 4.98 Å². The molecule has 104 valence electrons. The highest BCUT2D eigenvalue weighted by Gasteiger charge is 2.23. The number of thiazole rings is 1. The monoisotopic (exact) mass is 358 g/mol. The maximum atomic E-state index is 4.82. The molecule has 1 N–H and O–H groups in total. The summed E-state index contributed by atoms with van der Waals surface area (Å²) in [7, 11) is 0. The van der Waals surface area contributed by atoms with E-state index in [0.29, 0.717) is 6.04 Å². The number of aromatic nitrogens is 1. The third-order valence-electron chi connectivity index (χ3n) is 2.90. The Morgan fingerprint density at radius 3 is 2.63 bits per heavy atom. The van der Waals surface area contributed by atoms with Gasteiger partial charge in [0.1, 0.15) is 5.01 Å². The smallest absolute Gasteiger partial charge is 0.116 e. The maximum absolute atomic E-state index is 4.82. The Balaban J connectivity index is 2.39. The zero-order valence-corrected chi connectivity index (χ0v) is 14.9. The fourth-order valence-corrected chi connectivity index (χ4v) is 4.82. The van der Waals surface area contributed by atoms with Crippen molar-refractivity contribution in [3.8, 4) is 0 Å². The molecule has 5 heteroatoms. The van der Waals surface area contributed by atoms with Gasteiger partial charge >= 0.3 is 0 Å². The minimum absolute atomic E-state index is 0.193. The molecule has 2 aromatic heterocycles. The van der Waals surface area contributed by atoms with Gasteiger partial charge in [-0.15, -0.1) is 22.7 Å². The van der Waals surface area contributed by atoms with Crippen molar-refractivity contribution < 1.29 is 0 Å². The Morgan fingerprint density at radius 2 is 2.16 bits per heavy atom. The predicted octanol–water partition coefficient (Wildman–Crippen LogP) is 4.93. The highest BCUT2D eigenvalue weighted by atomic mass is 79.9. The molecule has 0 aromatic carbocycles. The summed E-state index contributed by atoms with van der Waals surface area (Å²) in [4.78, 5) is 7.46. The first-order valence-electron chi connectivity index (χ1n) is 6.48. The predicted molar refractivity (Wildman–Crippen MR) is 88.4 cm³/mol. The van der Waals surface area contributed by atoms with E-state index >= 15 is 0 Å². The van der Waals surface area contributed by atoms with Crippen LogP contribution in [0.3, 0.4) is 0 Å². The van der Waals surface area contributed by atoms with Gasteiger partial charge in [0.05, 0.1) is 11.7 Å². The molecule has 0 fully saturated rings. The summed E-state index contributed by atoms with van der Waals surface area (Å²) < 4.78 is 1.17. The molecular weight excluding hydrogens is 340 g/mol. The number of nitrogens with one attached hydrogen (secondary N) is 1. The fourth-order valence-electron chi connectivity index (χ4n) is 2.01. The largest absolute Gasteiger partial charge is 0.301 e. The standard InChI is InChI=1S/C14H19BrN2S2/c1-5-11-9(4)19-14(17-11)12(16-8(2)3)13-10(15)6-7-18-13/h6-8,12,16H,5H2,1-4H3. The molecular formula is C14H19BrN2S2. The summed E-state index contributed by atoms with van der Waals surface area (Å²) in [6.45, 7) is 8.68. The number of halogens is 1. The van der Waals surface area contributed by atoms with E-state index in [9.17, 15) is 0 Å². The van der Waals surface area contributed by atoms with Crippen LogP contribution in [0.5, 0.6) is 0 Å². The van der Waals surface area contributed by atoms with Gasteiger partial charge < -0.3 is 5.32 Å². The lowest BCUT2D eigenvalue weighted by Gasteiger charge is -2.18. The molecule has 0 amide bonds. The van der Waals surface area contributed by atoms with Crippen LogP contribution in [0.25, 0.3) is 0 Å². The van der Waals surface area contributed by atoms with E-state index in [0.717, 1.165) is 6.42 Å². The molecule has 0 aliphatic rings. The van der Waals surface area contributed by atoms with Crippen LogP contribution >= 0.6 is 38.6 Å². The Bertz CT molecular complexity index is 545. The third-order valence-corrected chi connectivity index (χ3v) is 5.91. The SMILES string of the molecule is CCc1nc(C(NC(C)C)c2sccc2Br)sc1C. The quantitative estimate of drug-likeness (QED) is 0.819. The van der Waals surface area contributed by atoms with Gasteiger partial charge in [-0.05, 0) is 54.6 Å². The summed E-state index contributed by atoms with van der Waals surface area (Å²) >= 11 is 7.23. The van der Waals surface area contributed by atoms with Gasteiger partial charge in [0.25, 0.3) is 0 Å². The molecule has 0 saturated heterocycles. The summed E-state index contributed by atoms with van der Waals surface area (Å²) in [6.07, 6.45) is 1.00. The van der Waals surface area contributed by atoms with Crippen molar-refractivity contribution in [2.75, 3.05) is 0 Å². The Hall–Kier alpha value is -0.230. The number of nitrogens with zero attached hydrogens (tertiary/aromatic N) is 1. The third kappa shape index (κ3) is 3.45. The molecule has 0 radical (unpaired) electrons. The van der Waals surface area contributed by atoms with Gasteiger partial charge in [0.2, 0.25) is 0 Å². The lowest BCUT2D eigenvalue weighted by Crippen LogP contribution is -2.28. The molecule has 19 heavy (non-hydrogen) atoms. The second kappa shape index (κ2) is 6.48. The zero-order chi connectivity index (χ0) is 14.0. The van der Waals surface area contributed by atoms with Crippen molar-refractivity contribution in [2.24, 2.45) is 0 Å². The first kappa shape index (κ1) is 15.2. The van der Waals surface area contributed by atoms with Crippen LogP contribution in [0, 0.1) is 6.92 Å². The molecule has 1 atom stereocenters. The normalized spacial score (nSPS) is 13.2. The molecule has 2 rings (SSSR count). The van der Waals surface area contributed by atoms with E-state index in [1.807, 2.05) is 11.3 Å². The van der Waals surface area contributed by atoms with E-state index in [-0.39, 0.29) is 6.04 Å². The second-order valence-electron chi connectivity index (χ2n) is 4.80. The summed E-state index contributed by atoms with van der Waals surface area (Å²) in [5.41, 5.74) is 1.23. The lowest BCUT2D eigenvalue weighted by molar-refractivity contribution is 0.530. The van der Waals surface area contributed by atoms with E-state index in [1.165, 1.54) is 24.9 Å². The Labute approximate surface area is 131 Å².